The van der Waals surface area contributed by atoms with E-state index < -0.39 is 0 Å². The molecule has 1 atom stereocenters. The predicted octanol–water partition coefficient (Wildman–Crippen LogP) is 7.05. The zero-order chi connectivity index (χ0) is 19.8. The van der Waals surface area contributed by atoms with Crippen LogP contribution >= 0.6 is 35.3 Å². The van der Waals surface area contributed by atoms with Crippen LogP contribution < -0.4 is 4.90 Å². The Balaban J connectivity index is 0.00000218. The van der Waals surface area contributed by atoms with E-state index in [-0.39, 0.29) is 30.2 Å². The summed E-state index contributed by atoms with van der Waals surface area (Å²) in [6, 6.07) is 27.4. The van der Waals surface area contributed by atoms with E-state index in [1.165, 1.54) is 27.1 Å². The molecule has 0 N–H and O–H groups in total. The number of hydrogen-bond acceptors (Lipinski definition) is 4. The SMILES string of the molecule is COC1C(=C(C)c2nc3ccccc3s2)Cc2ccccc2N1c1ccccc1.I. The highest BCUT2D eigenvalue weighted by Crippen LogP contribution is 2.42. The largest absolute Gasteiger partial charge is 0.357 e. The molecular weight excluding hydrogens is 503 g/mol. The maximum absolute atomic E-state index is 6.09. The average molecular weight is 526 g/mol. The van der Waals surface area contributed by atoms with Crippen LogP contribution in [-0.4, -0.2) is 18.3 Å². The maximum atomic E-state index is 6.09. The van der Waals surface area contributed by atoms with E-state index in [1.54, 1.807) is 18.4 Å². The molecule has 0 saturated heterocycles. The predicted molar refractivity (Wildman–Crippen MR) is 137 cm³/mol. The molecule has 0 spiro atoms. The quantitative estimate of drug-likeness (QED) is 0.268. The first-order valence-corrected chi connectivity index (χ1v) is 10.6. The Morgan fingerprint density at radius 1 is 0.967 bits per heavy atom. The van der Waals surface area contributed by atoms with Crippen molar-refractivity contribution in [2.75, 3.05) is 12.0 Å². The van der Waals surface area contributed by atoms with E-state index >= 15 is 0 Å². The van der Waals surface area contributed by atoms with Crippen LogP contribution in [0, 0.1) is 0 Å². The number of rotatable bonds is 3. The smallest absolute Gasteiger partial charge is 0.157 e. The standard InChI is InChI=1S/C25H22N2OS.HI/c1-17(24-26-21-13-7-9-15-23(21)29-24)20-16-18-10-6-8-14-22(18)27(25(20)28-2)19-11-4-3-5-12-19;/h3-15,25H,16H2,1-2H3;1H. The zero-order valence-corrected chi connectivity index (χ0v) is 20.1. The van der Waals surface area contributed by atoms with Gasteiger partial charge in [0.15, 0.2) is 6.23 Å². The van der Waals surface area contributed by atoms with Crippen LogP contribution in [0.15, 0.2) is 84.4 Å². The average Bonchev–Trinajstić information content (AvgIpc) is 3.22. The molecule has 1 aliphatic heterocycles. The zero-order valence-electron chi connectivity index (χ0n) is 16.9. The Bertz CT molecular complexity index is 1170. The molecule has 4 aromatic rings. The van der Waals surface area contributed by atoms with E-state index in [9.17, 15) is 0 Å². The number of thiazole rings is 1. The third kappa shape index (κ3) is 3.66. The van der Waals surface area contributed by atoms with Gasteiger partial charge >= 0.3 is 0 Å². The summed E-state index contributed by atoms with van der Waals surface area (Å²) in [5.74, 6) is 0. The molecule has 0 fully saturated rings. The van der Waals surface area contributed by atoms with Crippen LogP contribution in [0.5, 0.6) is 0 Å². The third-order valence-corrected chi connectivity index (χ3v) is 6.67. The van der Waals surface area contributed by atoms with Crippen molar-refractivity contribution in [1.29, 1.82) is 0 Å². The Kier molecular flexibility index (Phi) is 6.22. The molecule has 1 unspecified atom stereocenters. The number of aromatic nitrogens is 1. The number of allylic oxidation sites excluding steroid dienone is 1. The molecule has 5 heteroatoms. The fraction of sp³-hybridized carbons (Fsp3) is 0.160. The van der Waals surface area contributed by atoms with E-state index in [2.05, 4.69) is 78.6 Å². The summed E-state index contributed by atoms with van der Waals surface area (Å²) in [6.07, 6.45) is 0.694. The van der Waals surface area contributed by atoms with Crippen molar-refractivity contribution in [2.24, 2.45) is 0 Å². The number of nitrogens with zero attached hydrogens (tertiary/aromatic N) is 2. The monoisotopic (exact) mass is 526 g/mol. The van der Waals surface area contributed by atoms with E-state index in [0.717, 1.165) is 22.6 Å². The van der Waals surface area contributed by atoms with Gasteiger partial charge in [0.2, 0.25) is 0 Å². The lowest BCUT2D eigenvalue weighted by Gasteiger charge is -2.40. The molecule has 30 heavy (non-hydrogen) atoms. The summed E-state index contributed by atoms with van der Waals surface area (Å²) >= 11 is 1.75. The minimum atomic E-state index is -0.167. The van der Waals surface area contributed by atoms with Crippen molar-refractivity contribution >= 4 is 62.5 Å². The lowest BCUT2D eigenvalue weighted by Crippen LogP contribution is -2.39. The summed E-state index contributed by atoms with van der Waals surface area (Å²) in [6.45, 7) is 2.18. The Labute approximate surface area is 198 Å². The van der Waals surface area contributed by atoms with Crippen LogP contribution in [-0.2, 0) is 11.2 Å². The highest BCUT2D eigenvalue weighted by Gasteiger charge is 2.32. The number of para-hydroxylation sites is 3. The highest BCUT2D eigenvalue weighted by atomic mass is 127. The number of fused-ring (bicyclic) bond motifs is 2. The summed E-state index contributed by atoms with van der Waals surface area (Å²) in [5, 5.41) is 1.07. The van der Waals surface area contributed by atoms with Crippen molar-refractivity contribution in [1.82, 2.24) is 4.98 Å². The molecule has 3 aromatic carbocycles. The van der Waals surface area contributed by atoms with Crippen molar-refractivity contribution in [3.8, 4) is 0 Å². The van der Waals surface area contributed by atoms with Gasteiger partial charge in [-0.25, -0.2) is 4.98 Å². The maximum Gasteiger partial charge on any atom is 0.157 e. The van der Waals surface area contributed by atoms with Crippen LogP contribution in [0.3, 0.4) is 0 Å². The molecule has 1 aliphatic rings. The second-order valence-corrected chi connectivity index (χ2v) is 8.27. The van der Waals surface area contributed by atoms with Gasteiger partial charge in [0, 0.05) is 24.9 Å². The number of hydrogen-bond donors (Lipinski definition) is 0. The van der Waals surface area contributed by atoms with Gasteiger partial charge in [0.1, 0.15) is 5.01 Å². The number of ether oxygens (including phenoxy) is 1. The summed E-state index contributed by atoms with van der Waals surface area (Å²) < 4.78 is 7.30. The first-order chi connectivity index (χ1) is 14.3. The van der Waals surface area contributed by atoms with Crippen LogP contribution in [0.25, 0.3) is 15.8 Å². The minimum Gasteiger partial charge on any atom is -0.357 e. The van der Waals surface area contributed by atoms with Crippen LogP contribution in [0.1, 0.15) is 17.5 Å². The first kappa shape index (κ1) is 21.0. The Morgan fingerprint density at radius 3 is 2.43 bits per heavy atom. The lowest BCUT2D eigenvalue weighted by atomic mass is 9.92. The second-order valence-electron chi connectivity index (χ2n) is 7.24. The van der Waals surface area contributed by atoms with Gasteiger partial charge in [-0.1, -0.05) is 48.5 Å². The van der Waals surface area contributed by atoms with Crippen LogP contribution in [0.2, 0.25) is 0 Å². The molecule has 0 bridgehead atoms. The van der Waals surface area contributed by atoms with Crippen molar-refractivity contribution in [2.45, 2.75) is 19.6 Å². The molecule has 2 heterocycles. The van der Waals surface area contributed by atoms with Gasteiger partial charge in [-0.2, -0.15) is 0 Å². The molecular formula is C25H23IN2OS. The molecule has 5 rings (SSSR count). The normalized spacial score (nSPS) is 17.4. The number of halogens is 1. The summed E-state index contributed by atoms with van der Waals surface area (Å²) in [5.41, 5.74) is 7.15. The summed E-state index contributed by atoms with van der Waals surface area (Å²) in [4.78, 5) is 7.19. The summed E-state index contributed by atoms with van der Waals surface area (Å²) in [7, 11) is 1.79. The fourth-order valence-corrected chi connectivity index (χ4v) is 5.07. The first-order valence-electron chi connectivity index (χ1n) is 9.77. The topological polar surface area (TPSA) is 25.4 Å². The van der Waals surface area contributed by atoms with Gasteiger partial charge in [-0.15, -0.1) is 35.3 Å². The van der Waals surface area contributed by atoms with Crippen molar-refractivity contribution in [3.05, 3.63) is 95.0 Å². The molecule has 0 radical (unpaired) electrons. The third-order valence-electron chi connectivity index (χ3n) is 5.52. The minimum absolute atomic E-state index is 0. The van der Waals surface area contributed by atoms with E-state index in [1.807, 2.05) is 12.1 Å². The van der Waals surface area contributed by atoms with Gasteiger partial charge in [0.25, 0.3) is 0 Å². The molecule has 3 nitrogen and oxygen atoms in total. The van der Waals surface area contributed by atoms with Gasteiger partial charge < -0.3 is 9.64 Å². The number of methoxy groups -OCH3 is 1. The second kappa shape index (κ2) is 8.88. The lowest BCUT2D eigenvalue weighted by molar-refractivity contribution is 0.132. The fourth-order valence-electron chi connectivity index (χ4n) is 4.07. The molecule has 152 valence electrons. The number of anilines is 2. The molecule has 1 aromatic heterocycles. The molecule has 0 amide bonds. The molecule has 0 aliphatic carbocycles. The van der Waals surface area contributed by atoms with Crippen molar-refractivity contribution < 1.29 is 4.74 Å². The van der Waals surface area contributed by atoms with Crippen molar-refractivity contribution in [3.63, 3.8) is 0 Å². The Hall–Kier alpha value is -2.22. The van der Waals surface area contributed by atoms with Gasteiger partial charge in [-0.3, -0.25) is 0 Å². The highest BCUT2D eigenvalue weighted by molar-refractivity contribution is 14.0. The van der Waals surface area contributed by atoms with Gasteiger partial charge in [0.05, 0.1) is 10.2 Å². The number of benzene rings is 3. The van der Waals surface area contributed by atoms with E-state index in [0.29, 0.717) is 0 Å². The van der Waals surface area contributed by atoms with E-state index in [4.69, 9.17) is 9.72 Å². The van der Waals surface area contributed by atoms with Crippen LogP contribution in [0.4, 0.5) is 11.4 Å². The van der Waals surface area contributed by atoms with Gasteiger partial charge in [-0.05, 0) is 54.0 Å². The Morgan fingerprint density at radius 2 is 1.67 bits per heavy atom. The molecule has 0 saturated carbocycles.